The van der Waals surface area contributed by atoms with Crippen molar-refractivity contribution in [3.63, 3.8) is 0 Å². The van der Waals surface area contributed by atoms with Crippen LogP contribution in [0, 0.1) is 0 Å². The standard InChI is InChI=1S/C22H35N5O3/c1-16-14-27(15-17(2)30-16)20-11-10-19(13-24-20)25-21(28)9-6-12-23-22(29)26-18-7-4-3-5-8-18/h10-11,13,16-18H,3-9,12,14-15H2,1-2H3,(H,25,28)(H2,23,26,29). The highest BCUT2D eigenvalue weighted by atomic mass is 16.5. The maximum Gasteiger partial charge on any atom is 0.315 e. The van der Waals surface area contributed by atoms with Gasteiger partial charge >= 0.3 is 6.03 Å². The Hall–Kier alpha value is -2.35. The van der Waals surface area contributed by atoms with Gasteiger partial charge in [-0.15, -0.1) is 0 Å². The van der Waals surface area contributed by atoms with Gasteiger partial charge in [0.15, 0.2) is 0 Å². The zero-order valence-corrected chi connectivity index (χ0v) is 18.2. The van der Waals surface area contributed by atoms with E-state index in [1.807, 2.05) is 12.1 Å². The van der Waals surface area contributed by atoms with Crippen molar-refractivity contribution in [1.29, 1.82) is 0 Å². The molecule has 0 radical (unpaired) electrons. The fraction of sp³-hybridized carbons (Fsp3) is 0.682. The molecule has 0 spiro atoms. The summed E-state index contributed by atoms with van der Waals surface area (Å²) < 4.78 is 5.76. The van der Waals surface area contributed by atoms with Gasteiger partial charge in [-0.2, -0.15) is 0 Å². The molecular formula is C22H35N5O3. The fourth-order valence-corrected chi connectivity index (χ4v) is 4.17. The van der Waals surface area contributed by atoms with E-state index < -0.39 is 0 Å². The number of pyridine rings is 1. The molecule has 0 bridgehead atoms. The van der Waals surface area contributed by atoms with Crippen molar-refractivity contribution in [3.8, 4) is 0 Å². The summed E-state index contributed by atoms with van der Waals surface area (Å²) in [5.41, 5.74) is 0.682. The van der Waals surface area contributed by atoms with Crippen molar-refractivity contribution >= 4 is 23.4 Å². The summed E-state index contributed by atoms with van der Waals surface area (Å²) in [6.45, 7) is 6.22. The lowest BCUT2D eigenvalue weighted by atomic mass is 9.96. The highest BCUT2D eigenvalue weighted by Gasteiger charge is 2.23. The van der Waals surface area contributed by atoms with Crippen molar-refractivity contribution in [2.24, 2.45) is 0 Å². The Morgan fingerprint density at radius 3 is 2.53 bits per heavy atom. The molecule has 3 amide bonds. The SMILES string of the molecule is CC1CN(c2ccc(NC(=O)CCCNC(=O)NC3CCCCC3)cn2)CC(C)O1. The molecule has 1 aromatic rings. The number of rotatable bonds is 7. The molecule has 1 aliphatic heterocycles. The van der Waals surface area contributed by atoms with Crippen molar-refractivity contribution in [2.75, 3.05) is 29.9 Å². The Morgan fingerprint density at radius 2 is 1.87 bits per heavy atom. The lowest BCUT2D eigenvalue weighted by Gasteiger charge is -2.36. The number of nitrogens with one attached hydrogen (secondary N) is 3. The Labute approximate surface area is 179 Å². The fourth-order valence-electron chi connectivity index (χ4n) is 4.17. The lowest BCUT2D eigenvalue weighted by Crippen LogP contribution is -2.45. The molecule has 8 heteroatoms. The minimum absolute atomic E-state index is 0.0762. The van der Waals surface area contributed by atoms with Gasteiger partial charge < -0.3 is 25.6 Å². The van der Waals surface area contributed by atoms with Crippen LogP contribution in [0.3, 0.4) is 0 Å². The maximum absolute atomic E-state index is 12.2. The van der Waals surface area contributed by atoms with Gasteiger partial charge in [0.1, 0.15) is 5.82 Å². The van der Waals surface area contributed by atoms with Crippen molar-refractivity contribution < 1.29 is 14.3 Å². The number of amides is 3. The monoisotopic (exact) mass is 417 g/mol. The normalized spacial score (nSPS) is 22.4. The van der Waals surface area contributed by atoms with Crippen LogP contribution in [0.2, 0.25) is 0 Å². The molecule has 1 aromatic heterocycles. The molecule has 2 unspecified atom stereocenters. The van der Waals surface area contributed by atoms with E-state index in [0.29, 0.717) is 31.1 Å². The van der Waals surface area contributed by atoms with E-state index in [1.165, 1.54) is 19.3 Å². The summed E-state index contributed by atoms with van der Waals surface area (Å²) in [5, 5.41) is 8.73. The Bertz CT molecular complexity index is 681. The largest absolute Gasteiger partial charge is 0.372 e. The third kappa shape index (κ3) is 7.16. The van der Waals surface area contributed by atoms with E-state index in [9.17, 15) is 9.59 Å². The number of anilines is 2. The van der Waals surface area contributed by atoms with E-state index in [1.54, 1.807) is 6.20 Å². The lowest BCUT2D eigenvalue weighted by molar-refractivity contribution is -0.116. The molecule has 8 nitrogen and oxygen atoms in total. The second-order valence-corrected chi connectivity index (χ2v) is 8.45. The average molecular weight is 418 g/mol. The van der Waals surface area contributed by atoms with Gasteiger partial charge in [0, 0.05) is 32.1 Å². The summed E-state index contributed by atoms with van der Waals surface area (Å²) in [4.78, 5) is 30.8. The van der Waals surface area contributed by atoms with Crippen LogP contribution >= 0.6 is 0 Å². The van der Waals surface area contributed by atoms with Crippen LogP contribution in [-0.4, -0.2) is 54.8 Å². The second kappa shape index (κ2) is 11.2. The van der Waals surface area contributed by atoms with Crippen LogP contribution in [0.4, 0.5) is 16.3 Å². The summed E-state index contributed by atoms with van der Waals surface area (Å²) in [6, 6.07) is 3.97. The number of aromatic nitrogens is 1. The van der Waals surface area contributed by atoms with E-state index in [2.05, 4.69) is 39.7 Å². The average Bonchev–Trinajstić information content (AvgIpc) is 2.72. The second-order valence-electron chi connectivity index (χ2n) is 8.45. The topological polar surface area (TPSA) is 95.6 Å². The number of ether oxygens (including phenoxy) is 1. The molecule has 166 valence electrons. The van der Waals surface area contributed by atoms with Gasteiger partial charge in [0.25, 0.3) is 0 Å². The zero-order valence-electron chi connectivity index (χ0n) is 18.2. The molecule has 2 aliphatic rings. The molecule has 3 N–H and O–H groups in total. The summed E-state index contributed by atoms with van der Waals surface area (Å²) in [5.74, 6) is 0.816. The van der Waals surface area contributed by atoms with E-state index in [4.69, 9.17) is 4.74 Å². The minimum Gasteiger partial charge on any atom is -0.372 e. The highest BCUT2D eigenvalue weighted by Crippen LogP contribution is 2.20. The minimum atomic E-state index is -0.131. The van der Waals surface area contributed by atoms with Gasteiger partial charge in [-0.1, -0.05) is 19.3 Å². The molecule has 0 aromatic carbocycles. The third-order valence-corrected chi connectivity index (χ3v) is 5.58. The third-order valence-electron chi connectivity index (χ3n) is 5.58. The Kier molecular flexibility index (Phi) is 8.30. The predicted molar refractivity (Wildman–Crippen MR) is 118 cm³/mol. The maximum atomic E-state index is 12.2. The number of carbonyl (C=O) groups excluding carboxylic acids is 2. The van der Waals surface area contributed by atoms with Gasteiger partial charge in [-0.25, -0.2) is 9.78 Å². The number of hydrogen-bond donors (Lipinski definition) is 3. The first kappa shape index (κ1) is 22.3. The molecule has 30 heavy (non-hydrogen) atoms. The molecular weight excluding hydrogens is 382 g/mol. The molecule has 1 saturated heterocycles. The molecule has 2 fully saturated rings. The summed E-state index contributed by atoms with van der Waals surface area (Å²) in [7, 11) is 0. The molecule has 2 atom stereocenters. The van der Waals surface area contributed by atoms with Gasteiger partial charge in [0.2, 0.25) is 5.91 Å². The van der Waals surface area contributed by atoms with E-state index in [0.717, 1.165) is 31.7 Å². The first-order valence-corrected chi connectivity index (χ1v) is 11.2. The van der Waals surface area contributed by atoms with Crippen molar-refractivity contribution in [3.05, 3.63) is 18.3 Å². The summed E-state index contributed by atoms with van der Waals surface area (Å²) >= 11 is 0. The highest BCUT2D eigenvalue weighted by molar-refractivity contribution is 5.90. The van der Waals surface area contributed by atoms with Crippen LogP contribution in [-0.2, 0) is 9.53 Å². The molecule has 1 saturated carbocycles. The quantitative estimate of drug-likeness (QED) is 0.593. The number of urea groups is 1. The smallest absolute Gasteiger partial charge is 0.315 e. The Balaban J connectivity index is 1.33. The van der Waals surface area contributed by atoms with Crippen LogP contribution in [0.15, 0.2) is 18.3 Å². The number of carbonyl (C=O) groups is 2. The number of hydrogen-bond acceptors (Lipinski definition) is 5. The molecule has 1 aliphatic carbocycles. The van der Waals surface area contributed by atoms with E-state index in [-0.39, 0.29) is 24.1 Å². The first-order chi connectivity index (χ1) is 14.5. The van der Waals surface area contributed by atoms with Gasteiger partial charge in [0.05, 0.1) is 24.1 Å². The van der Waals surface area contributed by atoms with Crippen LogP contribution in [0.5, 0.6) is 0 Å². The van der Waals surface area contributed by atoms with Gasteiger partial charge in [-0.3, -0.25) is 4.79 Å². The number of nitrogens with zero attached hydrogens (tertiary/aromatic N) is 2. The van der Waals surface area contributed by atoms with Crippen molar-refractivity contribution in [1.82, 2.24) is 15.6 Å². The zero-order chi connectivity index (χ0) is 21.3. The molecule has 3 rings (SSSR count). The van der Waals surface area contributed by atoms with Gasteiger partial charge in [-0.05, 0) is 45.2 Å². The van der Waals surface area contributed by atoms with Crippen LogP contribution < -0.4 is 20.9 Å². The van der Waals surface area contributed by atoms with Crippen LogP contribution in [0.25, 0.3) is 0 Å². The predicted octanol–water partition coefficient (Wildman–Crippen LogP) is 3.05. The van der Waals surface area contributed by atoms with Crippen molar-refractivity contribution in [2.45, 2.75) is 77.0 Å². The van der Waals surface area contributed by atoms with Crippen LogP contribution in [0.1, 0.15) is 58.8 Å². The molecule has 2 heterocycles. The Morgan fingerprint density at radius 1 is 1.13 bits per heavy atom. The summed E-state index contributed by atoms with van der Waals surface area (Å²) in [6.07, 6.45) is 8.74. The number of morpholine rings is 1. The first-order valence-electron chi connectivity index (χ1n) is 11.2. The van der Waals surface area contributed by atoms with E-state index >= 15 is 0 Å².